The average Bonchev–Trinajstić information content (AvgIpc) is 2.76. The fourth-order valence-electron chi connectivity index (χ4n) is 1.59. The molecule has 1 rings (SSSR count). The smallest absolute Gasteiger partial charge is 0.354 e. The number of hydrogen-bond acceptors (Lipinski definition) is 5. The van der Waals surface area contributed by atoms with E-state index in [0.29, 0.717) is 6.42 Å². The van der Waals surface area contributed by atoms with Crippen molar-refractivity contribution in [1.29, 1.82) is 0 Å². The summed E-state index contributed by atoms with van der Waals surface area (Å²) in [6.45, 7) is 7.00. The Balaban J connectivity index is 2.57. The van der Waals surface area contributed by atoms with E-state index in [1.807, 2.05) is 17.5 Å². The summed E-state index contributed by atoms with van der Waals surface area (Å²) < 4.78 is 5.15. The molecule has 0 radical (unpaired) electrons. The maximum Gasteiger partial charge on any atom is 0.354 e. The number of nitrogens with two attached hydrogens (primary N) is 1. The summed E-state index contributed by atoms with van der Waals surface area (Å²) in [5.41, 5.74) is 3.14. The standard InChI is InChI=1S/C14H23NO3S/c1-10(7-8-11-6-5-9-19-11)14(15,17)12(16)18-13(2,3)4/h5-6,9-10,17H,7-8,15H2,1-4H3. The SMILES string of the molecule is CC(CCc1cccs1)C(N)(O)C(=O)OC(C)(C)C. The molecule has 2 atom stereocenters. The van der Waals surface area contributed by atoms with Gasteiger partial charge in [-0.25, -0.2) is 4.79 Å². The van der Waals surface area contributed by atoms with Gasteiger partial charge in [0.25, 0.3) is 0 Å². The van der Waals surface area contributed by atoms with Crippen molar-refractivity contribution in [3.8, 4) is 0 Å². The number of carbonyl (C=O) groups is 1. The third-order valence-electron chi connectivity index (χ3n) is 2.88. The molecule has 0 fully saturated rings. The van der Waals surface area contributed by atoms with Crippen molar-refractivity contribution in [2.45, 2.75) is 51.9 Å². The molecule has 19 heavy (non-hydrogen) atoms. The van der Waals surface area contributed by atoms with E-state index in [-0.39, 0.29) is 5.92 Å². The lowest BCUT2D eigenvalue weighted by Gasteiger charge is -2.31. The van der Waals surface area contributed by atoms with E-state index >= 15 is 0 Å². The third kappa shape index (κ3) is 4.93. The van der Waals surface area contributed by atoms with E-state index < -0.39 is 17.3 Å². The van der Waals surface area contributed by atoms with Crippen molar-refractivity contribution in [1.82, 2.24) is 0 Å². The number of esters is 1. The normalized spacial score (nSPS) is 16.7. The number of carbonyl (C=O) groups excluding carboxylic acids is 1. The molecule has 0 aliphatic heterocycles. The number of hydrogen-bond donors (Lipinski definition) is 2. The minimum atomic E-state index is -1.94. The molecule has 1 heterocycles. The van der Waals surface area contributed by atoms with E-state index in [2.05, 4.69) is 0 Å². The van der Waals surface area contributed by atoms with Crippen LogP contribution >= 0.6 is 11.3 Å². The first-order valence-electron chi connectivity index (χ1n) is 6.40. The number of thiophene rings is 1. The van der Waals surface area contributed by atoms with Crippen LogP contribution in [-0.4, -0.2) is 22.4 Å². The summed E-state index contributed by atoms with van der Waals surface area (Å²) in [6.07, 6.45) is 1.42. The number of ether oxygens (including phenoxy) is 1. The Bertz CT molecular complexity index is 407. The van der Waals surface area contributed by atoms with Crippen molar-refractivity contribution >= 4 is 17.3 Å². The number of rotatable bonds is 5. The minimum absolute atomic E-state index is 0.371. The van der Waals surface area contributed by atoms with Crippen molar-refractivity contribution in [3.05, 3.63) is 22.4 Å². The summed E-state index contributed by atoms with van der Waals surface area (Å²) in [6, 6.07) is 4.01. The van der Waals surface area contributed by atoms with Gasteiger partial charge in [-0.2, -0.15) is 0 Å². The second-order valence-electron chi connectivity index (χ2n) is 5.85. The van der Waals surface area contributed by atoms with Crippen LogP contribution in [0.3, 0.4) is 0 Å². The van der Waals surface area contributed by atoms with Crippen LogP contribution in [0.4, 0.5) is 0 Å². The van der Waals surface area contributed by atoms with Gasteiger partial charge in [-0.15, -0.1) is 11.3 Å². The zero-order valence-electron chi connectivity index (χ0n) is 12.0. The average molecular weight is 285 g/mol. The zero-order chi connectivity index (χ0) is 14.7. The molecule has 5 heteroatoms. The first kappa shape index (κ1) is 16.1. The fourth-order valence-corrected chi connectivity index (χ4v) is 2.32. The Morgan fingerprint density at radius 2 is 2.16 bits per heavy atom. The largest absolute Gasteiger partial charge is 0.457 e. The molecular weight excluding hydrogens is 262 g/mol. The molecule has 4 nitrogen and oxygen atoms in total. The summed E-state index contributed by atoms with van der Waals surface area (Å²) >= 11 is 1.66. The van der Waals surface area contributed by atoms with Crippen LogP contribution in [0.5, 0.6) is 0 Å². The van der Waals surface area contributed by atoms with Gasteiger partial charge in [0.15, 0.2) is 0 Å². The molecule has 1 aromatic heterocycles. The maximum absolute atomic E-state index is 11.9. The Morgan fingerprint density at radius 1 is 1.53 bits per heavy atom. The van der Waals surface area contributed by atoms with Gasteiger partial charge in [0.2, 0.25) is 5.72 Å². The Labute approximate surface area is 118 Å². The molecule has 0 aliphatic carbocycles. The second kappa shape index (κ2) is 6.03. The highest BCUT2D eigenvalue weighted by Crippen LogP contribution is 2.23. The highest BCUT2D eigenvalue weighted by atomic mass is 32.1. The molecule has 3 N–H and O–H groups in total. The molecule has 0 aromatic carbocycles. The summed E-state index contributed by atoms with van der Waals surface area (Å²) in [5, 5.41) is 12.2. The molecule has 0 aliphatic rings. The molecule has 0 saturated heterocycles. The Hall–Kier alpha value is -0.910. The van der Waals surface area contributed by atoms with Crippen molar-refractivity contribution in [3.63, 3.8) is 0 Å². The third-order valence-corrected chi connectivity index (χ3v) is 3.82. The highest BCUT2D eigenvalue weighted by molar-refractivity contribution is 7.09. The number of aryl methyl sites for hydroxylation is 1. The lowest BCUT2D eigenvalue weighted by atomic mass is 9.93. The van der Waals surface area contributed by atoms with Gasteiger partial charge in [-0.3, -0.25) is 5.73 Å². The maximum atomic E-state index is 11.9. The van der Waals surface area contributed by atoms with Crippen LogP contribution in [0.25, 0.3) is 0 Å². The van der Waals surface area contributed by atoms with Gasteiger partial charge in [0.1, 0.15) is 5.60 Å². The van der Waals surface area contributed by atoms with Crippen molar-refractivity contribution < 1.29 is 14.6 Å². The molecule has 2 unspecified atom stereocenters. The first-order valence-corrected chi connectivity index (χ1v) is 7.28. The molecule has 1 aromatic rings. The summed E-state index contributed by atoms with van der Waals surface area (Å²) in [5.74, 6) is -1.14. The van der Waals surface area contributed by atoms with Gasteiger partial charge in [0, 0.05) is 10.8 Å². The lowest BCUT2D eigenvalue weighted by Crippen LogP contribution is -2.55. The molecule has 108 valence electrons. The Morgan fingerprint density at radius 3 is 2.63 bits per heavy atom. The topological polar surface area (TPSA) is 72.5 Å². The minimum Gasteiger partial charge on any atom is -0.457 e. The molecule has 0 saturated carbocycles. The van der Waals surface area contributed by atoms with Crippen LogP contribution in [0.15, 0.2) is 17.5 Å². The van der Waals surface area contributed by atoms with E-state index in [9.17, 15) is 9.90 Å². The van der Waals surface area contributed by atoms with Gasteiger partial charge in [-0.05, 0) is 45.1 Å². The van der Waals surface area contributed by atoms with E-state index in [1.54, 1.807) is 39.0 Å². The highest BCUT2D eigenvalue weighted by Gasteiger charge is 2.40. The second-order valence-corrected chi connectivity index (χ2v) is 6.88. The first-order chi connectivity index (χ1) is 8.63. The van der Waals surface area contributed by atoms with Crippen molar-refractivity contribution in [2.75, 3.05) is 0 Å². The van der Waals surface area contributed by atoms with Crippen LogP contribution in [-0.2, 0) is 16.0 Å². The molecule has 0 amide bonds. The Kier molecular flexibility index (Phi) is 5.12. The predicted molar refractivity (Wildman–Crippen MR) is 76.8 cm³/mol. The van der Waals surface area contributed by atoms with Gasteiger partial charge in [0.05, 0.1) is 0 Å². The van der Waals surface area contributed by atoms with E-state index in [4.69, 9.17) is 10.5 Å². The predicted octanol–water partition coefficient (Wildman–Crippen LogP) is 2.31. The van der Waals surface area contributed by atoms with Crippen LogP contribution < -0.4 is 5.73 Å². The molecule has 0 spiro atoms. The fraction of sp³-hybridized carbons (Fsp3) is 0.643. The number of aliphatic hydroxyl groups is 1. The van der Waals surface area contributed by atoms with Crippen molar-refractivity contribution in [2.24, 2.45) is 11.7 Å². The summed E-state index contributed by atoms with van der Waals surface area (Å²) in [4.78, 5) is 13.1. The zero-order valence-corrected chi connectivity index (χ0v) is 12.8. The quantitative estimate of drug-likeness (QED) is 0.643. The van der Waals surface area contributed by atoms with Gasteiger partial charge < -0.3 is 9.84 Å². The van der Waals surface area contributed by atoms with Crippen LogP contribution in [0, 0.1) is 5.92 Å². The molecule has 0 bridgehead atoms. The lowest BCUT2D eigenvalue weighted by molar-refractivity contribution is -0.182. The van der Waals surface area contributed by atoms with E-state index in [0.717, 1.165) is 6.42 Å². The summed E-state index contributed by atoms with van der Waals surface area (Å²) in [7, 11) is 0. The molecular formula is C14H23NO3S. The van der Waals surface area contributed by atoms with Crippen LogP contribution in [0.1, 0.15) is 39.0 Å². The monoisotopic (exact) mass is 285 g/mol. The van der Waals surface area contributed by atoms with E-state index in [1.165, 1.54) is 4.88 Å². The van der Waals surface area contributed by atoms with Gasteiger partial charge in [-0.1, -0.05) is 13.0 Å². The van der Waals surface area contributed by atoms with Gasteiger partial charge >= 0.3 is 5.97 Å². The van der Waals surface area contributed by atoms with Crippen LogP contribution in [0.2, 0.25) is 0 Å².